The summed E-state index contributed by atoms with van der Waals surface area (Å²) < 4.78 is 18.6. The highest BCUT2D eigenvalue weighted by Crippen LogP contribution is 2.26. The first-order valence-corrected chi connectivity index (χ1v) is 7.32. The fourth-order valence-corrected chi connectivity index (χ4v) is 2.43. The Hall–Kier alpha value is -2.01. The number of carbonyl (C=O) groups excluding carboxylic acids is 2. The largest absolute Gasteiger partial charge is 0.386 e. The van der Waals surface area contributed by atoms with E-state index in [9.17, 15) is 14.0 Å². The smallest absolute Gasteiger partial charge is 0.346 e. The molecule has 0 saturated heterocycles. The Balaban J connectivity index is 2.22. The predicted octanol–water partition coefficient (Wildman–Crippen LogP) is 4.18. The molecule has 0 atom stereocenters. The van der Waals surface area contributed by atoms with Crippen molar-refractivity contribution in [3.63, 3.8) is 0 Å². The van der Waals surface area contributed by atoms with E-state index >= 15 is 0 Å². The van der Waals surface area contributed by atoms with Crippen LogP contribution < -0.4 is 0 Å². The minimum Gasteiger partial charge on any atom is -0.386 e. The molecule has 3 nitrogen and oxygen atoms in total. The Morgan fingerprint density at radius 2 is 1.76 bits per heavy atom. The van der Waals surface area contributed by atoms with Crippen molar-refractivity contribution in [1.29, 1.82) is 0 Å². The second-order valence-electron chi connectivity index (χ2n) is 5.63. The van der Waals surface area contributed by atoms with Crippen molar-refractivity contribution in [1.82, 2.24) is 0 Å². The van der Waals surface area contributed by atoms with E-state index in [1.807, 2.05) is 20.8 Å². The van der Waals surface area contributed by atoms with Gasteiger partial charge in [-0.2, -0.15) is 11.3 Å². The van der Waals surface area contributed by atoms with Gasteiger partial charge in [-0.3, -0.25) is 0 Å². The van der Waals surface area contributed by atoms with Crippen molar-refractivity contribution in [2.24, 2.45) is 0 Å². The Morgan fingerprint density at radius 3 is 2.33 bits per heavy atom. The lowest BCUT2D eigenvalue weighted by molar-refractivity contribution is 0.0398. The van der Waals surface area contributed by atoms with Crippen molar-refractivity contribution in [2.45, 2.75) is 26.2 Å². The van der Waals surface area contributed by atoms with Crippen molar-refractivity contribution in [2.75, 3.05) is 0 Å². The first-order chi connectivity index (χ1) is 9.79. The molecular weight excluding hydrogens is 291 g/mol. The van der Waals surface area contributed by atoms with Gasteiger partial charge in [0.05, 0.1) is 11.1 Å². The Morgan fingerprint density at radius 1 is 1.10 bits per heavy atom. The van der Waals surface area contributed by atoms with Crippen LogP contribution in [0.3, 0.4) is 0 Å². The van der Waals surface area contributed by atoms with Gasteiger partial charge in [0.2, 0.25) is 0 Å². The number of esters is 2. The Kier molecular flexibility index (Phi) is 4.23. The summed E-state index contributed by atoms with van der Waals surface area (Å²) in [5.74, 6) is -1.87. The molecule has 0 N–H and O–H groups in total. The molecule has 0 bridgehead atoms. The third kappa shape index (κ3) is 3.55. The van der Waals surface area contributed by atoms with Crippen LogP contribution in [0.25, 0.3) is 0 Å². The van der Waals surface area contributed by atoms with Crippen molar-refractivity contribution < 1.29 is 18.7 Å². The molecule has 1 aromatic heterocycles. The molecular formula is C16H15FO3S. The van der Waals surface area contributed by atoms with Gasteiger partial charge in [0.1, 0.15) is 5.82 Å². The summed E-state index contributed by atoms with van der Waals surface area (Å²) in [6.45, 7) is 5.53. The summed E-state index contributed by atoms with van der Waals surface area (Å²) in [6.07, 6.45) is 0. The van der Waals surface area contributed by atoms with Crippen LogP contribution in [-0.2, 0) is 10.2 Å². The summed E-state index contributed by atoms with van der Waals surface area (Å²) in [5.41, 5.74) is 0.439. The maximum atomic E-state index is 13.8. The lowest BCUT2D eigenvalue weighted by Gasteiger charge is -2.20. The van der Waals surface area contributed by atoms with Gasteiger partial charge >= 0.3 is 11.9 Å². The van der Waals surface area contributed by atoms with Crippen molar-refractivity contribution in [3.8, 4) is 0 Å². The van der Waals surface area contributed by atoms with Crippen LogP contribution >= 0.6 is 11.3 Å². The van der Waals surface area contributed by atoms with E-state index in [2.05, 4.69) is 0 Å². The number of rotatable bonds is 2. The molecule has 1 heterocycles. The van der Waals surface area contributed by atoms with Gasteiger partial charge in [-0.05, 0) is 40.6 Å². The van der Waals surface area contributed by atoms with E-state index in [-0.39, 0.29) is 11.4 Å². The van der Waals surface area contributed by atoms with Gasteiger partial charge < -0.3 is 4.74 Å². The number of carbonyl (C=O) groups is 2. The molecule has 110 valence electrons. The highest BCUT2D eigenvalue weighted by atomic mass is 32.1. The number of thiophene rings is 1. The number of hydrogen-bond donors (Lipinski definition) is 0. The van der Waals surface area contributed by atoms with Crippen LogP contribution in [0.4, 0.5) is 4.39 Å². The number of benzene rings is 1. The Labute approximate surface area is 126 Å². The SMILES string of the molecule is CC(C)(C)c1cc(C(=O)OC(=O)c2ccsc2)ccc1F. The predicted molar refractivity (Wildman–Crippen MR) is 79.2 cm³/mol. The number of ether oxygens (including phenoxy) is 1. The van der Waals surface area contributed by atoms with Gasteiger partial charge in [0.15, 0.2) is 0 Å². The van der Waals surface area contributed by atoms with E-state index in [0.717, 1.165) is 0 Å². The molecule has 0 aliphatic rings. The average Bonchev–Trinajstić information content (AvgIpc) is 2.91. The van der Waals surface area contributed by atoms with E-state index < -0.39 is 17.4 Å². The molecule has 2 aromatic rings. The fourth-order valence-electron chi connectivity index (χ4n) is 1.81. The first kappa shape index (κ1) is 15.4. The molecule has 0 spiro atoms. The topological polar surface area (TPSA) is 43.4 Å². The van der Waals surface area contributed by atoms with Crippen LogP contribution in [0.2, 0.25) is 0 Å². The molecule has 0 radical (unpaired) electrons. The monoisotopic (exact) mass is 306 g/mol. The quantitative estimate of drug-likeness (QED) is 0.617. The molecule has 5 heteroatoms. The normalized spacial score (nSPS) is 11.2. The number of hydrogen-bond acceptors (Lipinski definition) is 4. The maximum absolute atomic E-state index is 13.8. The molecule has 0 aliphatic carbocycles. The van der Waals surface area contributed by atoms with Gasteiger partial charge in [-0.1, -0.05) is 20.8 Å². The minimum atomic E-state index is -0.781. The van der Waals surface area contributed by atoms with Crippen molar-refractivity contribution in [3.05, 3.63) is 57.5 Å². The maximum Gasteiger partial charge on any atom is 0.346 e. The standard InChI is InChI=1S/C16H15FO3S/c1-16(2,3)12-8-10(4-5-13(12)17)14(18)20-15(19)11-6-7-21-9-11/h4-9H,1-3H3. The second-order valence-corrected chi connectivity index (χ2v) is 6.41. The molecule has 0 amide bonds. The van der Waals surface area contributed by atoms with E-state index in [0.29, 0.717) is 11.1 Å². The molecule has 0 fully saturated rings. The molecule has 2 rings (SSSR count). The van der Waals surface area contributed by atoms with Gasteiger partial charge in [-0.15, -0.1) is 0 Å². The van der Waals surface area contributed by atoms with Crippen LogP contribution in [-0.4, -0.2) is 11.9 Å². The molecule has 0 saturated carbocycles. The first-order valence-electron chi connectivity index (χ1n) is 6.38. The minimum absolute atomic E-state index is 0.157. The van der Waals surface area contributed by atoms with E-state index in [1.165, 1.54) is 29.5 Å². The lowest BCUT2D eigenvalue weighted by atomic mass is 9.86. The zero-order valence-electron chi connectivity index (χ0n) is 12.0. The summed E-state index contributed by atoms with van der Waals surface area (Å²) in [4.78, 5) is 23.7. The Bertz CT molecular complexity index is 669. The summed E-state index contributed by atoms with van der Waals surface area (Å²) in [6, 6.07) is 5.53. The summed E-state index contributed by atoms with van der Waals surface area (Å²) >= 11 is 1.34. The third-order valence-electron chi connectivity index (χ3n) is 2.95. The van der Waals surface area contributed by atoms with Crippen molar-refractivity contribution >= 4 is 23.3 Å². The van der Waals surface area contributed by atoms with Gasteiger partial charge in [-0.25, -0.2) is 14.0 Å². The van der Waals surface area contributed by atoms with Crippen LogP contribution in [0.5, 0.6) is 0 Å². The second kappa shape index (κ2) is 5.77. The number of halogens is 1. The highest BCUT2D eigenvalue weighted by Gasteiger charge is 2.22. The van der Waals surface area contributed by atoms with Crippen LogP contribution in [0.15, 0.2) is 35.0 Å². The molecule has 0 aliphatic heterocycles. The van der Waals surface area contributed by atoms with E-state index in [4.69, 9.17) is 4.74 Å². The summed E-state index contributed by atoms with van der Waals surface area (Å²) in [5, 5.41) is 3.32. The molecule has 1 aromatic carbocycles. The van der Waals surface area contributed by atoms with Crippen LogP contribution in [0.1, 0.15) is 47.1 Å². The van der Waals surface area contributed by atoms with E-state index in [1.54, 1.807) is 16.8 Å². The molecule has 21 heavy (non-hydrogen) atoms. The zero-order valence-corrected chi connectivity index (χ0v) is 12.8. The molecule has 0 unspecified atom stereocenters. The van der Waals surface area contributed by atoms with Crippen LogP contribution in [0, 0.1) is 5.82 Å². The average molecular weight is 306 g/mol. The van der Waals surface area contributed by atoms with Gasteiger partial charge in [0.25, 0.3) is 0 Å². The fraction of sp³-hybridized carbons (Fsp3) is 0.250. The summed E-state index contributed by atoms with van der Waals surface area (Å²) in [7, 11) is 0. The third-order valence-corrected chi connectivity index (χ3v) is 3.64. The zero-order chi connectivity index (χ0) is 15.6. The highest BCUT2D eigenvalue weighted by molar-refractivity contribution is 7.08. The lowest BCUT2D eigenvalue weighted by Crippen LogP contribution is -2.17. The van der Waals surface area contributed by atoms with Gasteiger partial charge in [0, 0.05) is 5.38 Å².